The first-order chi connectivity index (χ1) is 14.6. The Morgan fingerprint density at radius 1 is 0.900 bits per heavy atom. The van der Waals surface area contributed by atoms with E-state index in [1.165, 1.54) is 0 Å². The van der Waals surface area contributed by atoms with Gasteiger partial charge in [-0.25, -0.2) is 4.79 Å². The predicted molar refractivity (Wildman–Crippen MR) is 112 cm³/mol. The zero-order valence-electron chi connectivity index (χ0n) is 16.5. The number of hydrogen-bond donors (Lipinski definition) is 0. The van der Waals surface area contributed by atoms with Gasteiger partial charge in [-0.1, -0.05) is 54.6 Å². The third kappa shape index (κ3) is 3.03. The second kappa shape index (κ2) is 7.15. The molecule has 0 N–H and O–H groups in total. The third-order valence-corrected chi connectivity index (χ3v) is 5.11. The van der Waals surface area contributed by atoms with Gasteiger partial charge in [-0.05, 0) is 31.4 Å². The zero-order valence-corrected chi connectivity index (χ0v) is 16.5. The van der Waals surface area contributed by atoms with Crippen LogP contribution in [0.1, 0.15) is 35.0 Å². The van der Waals surface area contributed by atoms with Crippen molar-refractivity contribution < 1.29 is 18.4 Å². The lowest BCUT2D eigenvalue weighted by molar-refractivity contribution is 0.0246. The highest BCUT2D eigenvalue weighted by molar-refractivity contribution is 6.08. The molecule has 0 amide bonds. The fourth-order valence-corrected chi connectivity index (χ4v) is 3.50. The summed E-state index contributed by atoms with van der Waals surface area (Å²) in [6.07, 6.45) is -0.716. The smallest absolute Gasteiger partial charge is 0.375 e. The number of aromatic nitrogens is 2. The van der Waals surface area contributed by atoms with Gasteiger partial charge >= 0.3 is 5.97 Å². The third-order valence-electron chi connectivity index (χ3n) is 5.11. The van der Waals surface area contributed by atoms with Crippen LogP contribution in [0.2, 0.25) is 0 Å². The van der Waals surface area contributed by atoms with Crippen molar-refractivity contribution in [3.8, 4) is 11.5 Å². The number of furan rings is 1. The number of rotatable bonds is 4. The molecule has 0 unspecified atom stereocenters. The van der Waals surface area contributed by atoms with E-state index in [4.69, 9.17) is 13.6 Å². The van der Waals surface area contributed by atoms with Crippen molar-refractivity contribution in [3.05, 3.63) is 83.9 Å². The van der Waals surface area contributed by atoms with Crippen molar-refractivity contribution in [2.75, 3.05) is 0 Å². The van der Waals surface area contributed by atoms with E-state index in [0.29, 0.717) is 11.5 Å². The first-order valence-electron chi connectivity index (χ1n) is 9.62. The summed E-state index contributed by atoms with van der Waals surface area (Å²) in [6.45, 7) is 3.54. The van der Waals surface area contributed by atoms with Crippen LogP contribution < -0.4 is 0 Å². The highest BCUT2D eigenvalue weighted by Gasteiger charge is 2.25. The monoisotopic (exact) mass is 398 g/mol. The first kappa shape index (κ1) is 18.1. The standard InChI is InChI=1S/C24H18N2O4/c1-14-18-13-12-16-8-6-7-11-19(16)21(18)29-20(14)24(27)28-15(2)22-25-26-23(30-22)17-9-4-3-5-10-17/h3-13,15H,1-2H3/t15-/m1/s1. The summed E-state index contributed by atoms with van der Waals surface area (Å²) in [7, 11) is 0. The molecular formula is C24H18N2O4. The SMILES string of the molecule is Cc1c(C(=O)O[C@H](C)c2nnc(-c3ccccc3)o2)oc2c1ccc1ccccc12. The fraction of sp³-hybridized carbons (Fsp3) is 0.125. The van der Waals surface area contributed by atoms with Crippen molar-refractivity contribution in [2.45, 2.75) is 20.0 Å². The van der Waals surface area contributed by atoms with Gasteiger partial charge in [0, 0.05) is 21.9 Å². The minimum absolute atomic E-state index is 0.177. The highest BCUT2D eigenvalue weighted by atomic mass is 16.6. The lowest BCUT2D eigenvalue weighted by atomic mass is 10.1. The van der Waals surface area contributed by atoms with Gasteiger partial charge in [-0.15, -0.1) is 10.2 Å². The second-order valence-electron chi connectivity index (χ2n) is 7.08. The molecule has 0 bridgehead atoms. The summed E-state index contributed by atoms with van der Waals surface area (Å²) in [5.41, 5.74) is 2.22. The van der Waals surface area contributed by atoms with Crippen molar-refractivity contribution >= 4 is 27.7 Å². The number of fused-ring (bicyclic) bond motifs is 3. The number of aryl methyl sites for hydroxylation is 1. The Morgan fingerprint density at radius 2 is 1.67 bits per heavy atom. The van der Waals surface area contributed by atoms with Crippen molar-refractivity contribution in [3.63, 3.8) is 0 Å². The van der Waals surface area contributed by atoms with Gasteiger partial charge in [0.05, 0.1) is 0 Å². The van der Waals surface area contributed by atoms with E-state index in [1.54, 1.807) is 6.92 Å². The fourth-order valence-electron chi connectivity index (χ4n) is 3.50. The Kier molecular flexibility index (Phi) is 4.32. The second-order valence-corrected chi connectivity index (χ2v) is 7.08. The van der Waals surface area contributed by atoms with Crippen LogP contribution in [-0.4, -0.2) is 16.2 Å². The highest BCUT2D eigenvalue weighted by Crippen LogP contribution is 2.33. The maximum atomic E-state index is 12.8. The topological polar surface area (TPSA) is 78.4 Å². The molecule has 0 radical (unpaired) electrons. The predicted octanol–water partition coefficient (Wildman–Crippen LogP) is 5.86. The summed E-state index contributed by atoms with van der Waals surface area (Å²) in [6, 6.07) is 21.3. The van der Waals surface area contributed by atoms with E-state index >= 15 is 0 Å². The summed E-state index contributed by atoms with van der Waals surface area (Å²) in [5.74, 6) is 0.206. The molecule has 1 atom stereocenters. The van der Waals surface area contributed by atoms with Crippen LogP contribution in [-0.2, 0) is 4.74 Å². The molecule has 0 saturated carbocycles. The number of ether oxygens (including phenoxy) is 1. The zero-order chi connectivity index (χ0) is 20.7. The molecule has 0 aliphatic heterocycles. The molecule has 148 valence electrons. The van der Waals surface area contributed by atoms with Gasteiger partial charge in [0.1, 0.15) is 5.58 Å². The maximum Gasteiger partial charge on any atom is 0.375 e. The van der Waals surface area contributed by atoms with Crippen molar-refractivity contribution in [1.82, 2.24) is 10.2 Å². The molecule has 5 rings (SSSR count). The summed E-state index contributed by atoms with van der Waals surface area (Å²) >= 11 is 0. The number of carbonyl (C=O) groups excluding carboxylic acids is 1. The number of hydrogen-bond acceptors (Lipinski definition) is 6. The van der Waals surface area contributed by atoms with Crippen LogP contribution in [0.25, 0.3) is 33.2 Å². The van der Waals surface area contributed by atoms with Crippen LogP contribution in [0.4, 0.5) is 0 Å². The molecule has 2 heterocycles. The molecule has 30 heavy (non-hydrogen) atoms. The molecule has 0 aliphatic carbocycles. The largest absolute Gasteiger partial charge is 0.448 e. The van der Waals surface area contributed by atoms with Crippen LogP contribution in [0.15, 0.2) is 75.6 Å². The van der Waals surface area contributed by atoms with Gasteiger partial charge in [0.2, 0.25) is 11.7 Å². The maximum absolute atomic E-state index is 12.8. The van der Waals surface area contributed by atoms with E-state index in [1.807, 2.05) is 73.7 Å². The summed E-state index contributed by atoms with van der Waals surface area (Å²) in [4.78, 5) is 12.8. The molecule has 0 saturated heterocycles. The molecule has 5 aromatic rings. The average Bonchev–Trinajstić information content (AvgIpc) is 3.40. The van der Waals surface area contributed by atoms with Gasteiger partial charge in [0.25, 0.3) is 5.89 Å². The number of benzene rings is 3. The Morgan fingerprint density at radius 3 is 2.50 bits per heavy atom. The lowest BCUT2D eigenvalue weighted by Gasteiger charge is -2.08. The van der Waals surface area contributed by atoms with Gasteiger partial charge in [-0.3, -0.25) is 0 Å². The van der Waals surface area contributed by atoms with Crippen LogP contribution in [0.5, 0.6) is 0 Å². The van der Waals surface area contributed by atoms with E-state index in [-0.39, 0.29) is 11.7 Å². The van der Waals surface area contributed by atoms with Crippen molar-refractivity contribution in [1.29, 1.82) is 0 Å². The minimum atomic E-state index is -0.716. The average molecular weight is 398 g/mol. The van der Waals surface area contributed by atoms with Crippen LogP contribution in [0.3, 0.4) is 0 Å². The summed E-state index contributed by atoms with van der Waals surface area (Å²) in [5, 5.41) is 11.0. The summed E-state index contributed by atoms with van der Waals surface area (Å²) < 4.78 is 17.2. The Labute approximate surface area is 172 Å². The molecule has 3 aromatic carbocycles. The molecule has 6 nitrogen and oxygen atoms in total. The minimum Gasteiger partial charge on any atom is -0.448 e. The van der Waals surface area contributed by atoms with Crippen molar-refractivity contribution in [2.24, 2.45) is 0 Å². The number of carbonyl (C=O) groups is 1. The first-order valence-corrected chi connectivity index (χ1v) is 9.62. The molecule has 0 spiro atoms. The van der Waals surface area contributed by atoms with Crippen LogP contribution >= 0.6 is 0 Å². The van der Waals surface area contributed by atoms with E-state index in [0.717, 1.165) is 27.3 Å². The molecule has 0 fully saturated rings. The quantitative estimate of drug-likeness (QED) is 0.353. The van der Waals surface area contributed by atoms with E-state index < -0.39 is 12.1 Å². The Balaban J connectivity index is 1.43. The van der Waals surface area contributed by atoms with Gasteiger partial charge in [-0.2, -0.15) is 0 Å². The molecule has 2 aromatic heterocycles. The molecular weight excluding hydrogens is 380 g/mol. The lowest BCUT2D eigenvalue weighted by Crippen LogP contribution is -2.09. The van der Waals surface area contributed by atoms with Crippen LogP contribution in [0, 0.1) is 6.92 Å². The van der Waals surface area contributed by atoms with E-state index in [9.17, 15) is 4.79 Å². The molecule has 0 aliphatic rings. The van der Waals surface area contributed by atoms with Gasteiger partial charge in [0.15, 0.2) is 6.10 Å². The number of nitrogens with zero attached hydrogens (tertiary/aromatic N) is 2. The normalized spacial score (nSPS) is 12.3. The van der Waals surface area contributed by atoms with E-state index in [2.05, 4.69) is 10.2 Å². The number of esters is 1. The Bertz CT molecular complexity index is 1370. The van der Waals surface area contributed by atoms with Gasteiger partial charge < -0.3 is 13.6 Å². The Hall–Kier alpha value is -3.93. The molecule has 6 heteroatoms.